The third-order valence-electron chi connectivity index (χ3n) is 3.08. The molecule has 0 bridgehead atoms. The van der Waals surface area contributed by atoms with Gasteiger partial charge < -0.3 is 5.11 Å². The predicted molar refractivity (Wildman–Crippen MR) is 60.4 cm³/mol. The molecule has 1 aliphatic heterocycles. The Balaban J connectivity index is 2.15. The Labute approximate surface area is 88.3 Å². The van der Waals surface area contributed by atoms with E-state index in [9.17, 15) is 5.11 Å². The van der Waals surface area contributed by atoms with Gasteiger partial charge in [0.1, 0.15) is 0 Å². The van der Waals surface area contributed by atoms with E-state index in [0.717, 1.165) is 25.3 Å². The van der Waals surface area contributed by atoms with Gasteiger partial charge in [0.2, 0.25) is 0 Å². The molecule has 0 radical (unpaired) electrons. The molecular weight excluding hydrogens is 174 g/mol. The van der Waals surface area contributed by atoms with Gasteiger partial charge in [-0.3, -0.25) is 4.90 Å². The lowest BCUT2D eigenvalue weighted by atomic mass is 9.91. The average molecular weight is 199 g/mol. The zero-order valence-corrected chi connectivity index (χ0v) is 9.92. The van der Waals surface area contributed by atoms with E-state index in [1.165, 1.54) is 25.9 Å². The van der Waals surface area contributed by atoms with Crippen LogP contribution in [-0.2, 0) is 0 Å². The van der Waals surface area contributed by atoms with E-state index in [-0.39, 0.29) is 0 Å². The molecule has 2 heteroatoms. The monoisotopic (exact) mass is 199 g/mol. The standard InChI is InChI=1S/C12H25NO/c1-4-6-11-8-13(9-11)10-12(3,14)7-5-2/h11,14H,4-10H2,1-3H3. The van der Waals surface area contributed by atoms with E-state index in [4.69, 9.17) is 0 Å². The summed E-state index contributed by atoms with van der Waals surface area (Å²) in [6.45, 7) is 9.60. The summed E-state index contributed by atoms with van der Waals surface area (Å²) in [5, 5.41) is 10.0. The van der Waals surface area contributed by atoms with Crippen molar-refractivity contribution in [3.8, 4) is 0 Å². The van der Waals surface area contributed by atoms with Gasteiger partial charge in [0.15, 0.2) is 0 Å². The normalized spacial score (nSPS) is 23.1. The molecule has 0 aromatic heterocycles. The zero-order valence-electron chi connectivity index (χ0n) is 9.92. The van der Waals surface area contributed by atoms with Crippen LogP contribution in [0.1, 0.15) is 46.5 Å². The van der Waals surface area contributed by atoms with E-state index in [1.807, 2.05) is 6.92 Å². The average Bonchev–Trinajstić information content (AvgIpc) is 2.00. The lowest BCUT2D eigenvalue weighted by molar-refractivity contribution is -0.0261. The van der Waals surface area contributed by atoms with Crippen LogP contribution in [0.5, 0.6) is 0 Å². The van der Waals surface area contributed by atoms with Crippen molar-refractivity contribution in [2.75, 3.05) is 19.6 Å². The van der Waals surface area contributed by atoms with Gasteiger partial charge in [-0.1, -0.05) is 26.7 Å². The molecule has 2 nitrogen and oxygen atoms in total. The van der Waals surface area contributed by atoms with Crippen molar-refractivity contribution in [3.63, 3.8) is 0 Å². The van der Waals surface area contributed by atoms with Crippen LogP contribution in [0.15, 0.2) is 0 Å². The minimum Gasteiger partial charge on any atom is -0.389 e. The maximum Gasteiger partial charge on any atom is 0.0746 e. The Morgan fingerprint density at radius 1 is 1.29 bits per heavy atom. The molecule has 0 saturated carbocycles. The molecule has 0 aliphatic carbocycles. The quantitative estimate of drug-likeness (QED) is 0.709. The summed E-state index contributed by atoms with van der Waals surface area (Å²) in [5.74, 6) is 0.900. The maximum atomic E-state index is 10.0. The fourth-order valence-electron chi connectivity index (χ4n) is 2.50. The highest BCUT2D eigenvalue weighted by atomic mass is 16.3. The zero-order chi connectivity index (χ0) is 10.6. The first-order valence-electron chi connectivity index (χ1n) is 6.02. The van der Waals surface area contributed by atoms with Crippen molar-refractivity contribution in [1.82, 2.24) is 4.90 Å². The summed E-state index contributed by atoms with van der Waals surface area (Å²) < 4.78 is 0. The number of β-amino-alcohol motifs (C(OH)–C–C–N with tert-alkyl or cyclic N) is 1. The lowest BCUT2D eigenvalue weighted by Gasteiger charge is -2.43. The molecule has 1 aliphatic rings. The molecule has 1 heterocycles. The van der Waals surface area contributed by atoms with E-state index in [0.29, 0.717) is 0 Å². The summed E-state index contributed by atoms with van der Waals surface area (Å²) in [7, 11) is 0. The minimum atomic E-state index is -0.466. The van der Waals surface area contributed by atoms with Crippen LogP contribution in [0.25, 0.3) is 0 Å². The molecule has 0 aromatic carbocycles. The third-order valence-corrected chi connectivity index (χ3v) is 3.08. The summed E-state index contributed by atoms with van der Waals surface area (Å²) in [4.78, 5) is 2.38. The molecule has 1 saturated heterocycles. The van der Waals surface area contributed by atoms with Gasteiger partial charge in [0, 0.05) is 19.6 Å². The van der Waals surface area contributed by atoms with Crippen LogP contribution in [0.3, 0.4) is 0 Å². The van der Waals surface area contributed by atoms with Crippen LogP contribution >= 0.6 is 0 Å². The number of rotatable bonds is 6. The fourth-order valence-corrected chi connectivity index (χ4v) is 2.50. The molecule has 14 heavy (non-hydrogen) atoms. The minimum absolute atomic E-state index is 0.466. The van der Waals surface area contributed by atoms with Crippen LogP contribution in [0.4, 0.5) is 0 Å². The Morgan fingerprint density at radius 3 is 2.43 bits per heavy atom. The largest absolute Gasteiger partial charge is 0.389 e. The second-order valence-corrected chi connectivity index (χ2v) is 5.10. The molecular formula is C12H25NO. The second-order valence-electron chi connectivity index (χ2n) is 5.10. The van der Waals surface area contributed by atoms with Crippen LogP contribution in [-0.4, -0.2) is 35.2 Å². The molecule has 0 aromatic rings. The summed E-state index contributed by atoms with van der Waals surface area (Å²) in [6, 6.07) is 0. The topological polar surface area (TPSA) is 23.5 Å². The molecule has 1 fully saturated rings. The third kappa shape index (κ3) is 3.58. The molecule has 1 unspecified atom stereocenters. The molecule has 1 rings (SSSR count). The van der Waals surface area contributed by atoms with Crippen LogP contribution in [0.2, 0.25) is 0 Å². The highest BCUT2D eigenvalue weighted by Crippen LogP contribution is 2.24. The maximum absolute atomic E-state index is 10.0. The Hall–Kier alpha value is -0.0800. The number of hydrogen-bond acceptors (Lipinski definition) is 2. The van der Waals surface area contributed by atoms with Crippen molar-refractivity contribution in [2.24, 2.45) is 5.92 Å². The summed E-state index contributed by atoms with van der Waals surface area (Å²) in [5.41, 5.74) is -0.466. The Bertz CT molecular complexity index is 162. The number of likely N-dealkylation sites (tertiary alicyclic amines) is 1. The highest BCUT2D eigenvalue weighted by molar-refractivity contribution is 4.85. The van der Waals surface area contributed by atoms with Gasteiger partial charge >= 0.3 is 0 Å². The van der Waals surface area contributed by atoms with Gasteiger partial charge in [-0.25, -0.2) is 0 Å². The number of hydrogen-bond donors (Lipinski definition) is 1. The van der Waals surface area contributed by atoms with E-state index >= 15 is 0 Å². The molecule has 84 valence electrons. The first-order chi connectivity index (χ1) is 6.57. The van der Waals surface area contributed by atoms with Crippen LogP contribution < -0.4 is 0 Å². The molecule has 0 spiro atoms. The Kier molecular flexibility index (Phi) is 4.39. The van der Waals surface area contributed by atoms with Crippen molar-refractivity contribution in [2.45, 2.75) is 52.1 Å². The smallest absolute Gasteiger partial charge is 0.0746 e. The van der Waals surface area contributed by atoms with Crippen molar-refractivity contribution < 1.29 is 5.11 Å². The first-order valence-corrected chi connectivity index (χ1v) is 6.02. The summed E-state index contributed by atoms with van der Waals surface area (Å²) >= 11 is 0. The number of nitrogens with zero attached hydrogens (tertiary/aromatic N) is 1. The molecule has 0 amide bonds. The van der Waals surface area contributed by atoms with E-state index < -0.39 is 5.60 Å². The molecule has 1 N–H and O–H groups in total. The van der Waals surface area contributed by atoms with E-state index in [2.05, 4.69) is 18.7 Å². The van der Waals surface area contributed by atoms with Crippen molar-refractivity contribution in [3.05, 3.63) is 0 Å². The SMILES string of the molecule is CCCC1CN(CC(C)(O)CCC)C1. The highest BCUT2D eigenvalue weighted by Gasteiger charge is 2.31. The van der Waals surface area contributed by atoms with Gasteiger partial charge in [-0.2, -0.15) is 0 Å². The Morgan fingerprint density at radius 2 is 1.93 bits per heavy atom. The van der Waals surface area contributed by atoms with E-state index in [1.54, 1.807) is 0 Å². The van der Waals surface area contributed by atoms with Crippen molar-refractivity contribution >= 4 is 0 Å². The van der Waals surface area contributed by atoms with Gasteiger partial charge in [-0.05, 0) is 25.7 Å². The summed E-state index contributed by atoms with van der Waals surface area (Å²) in [6.07, 6.45) is 4.64. The van der Waals surface area contributed by atoms with Crippen molar-refractivity contribution in [1.29, 1.82) is 0 Å². The second kappa shape index (κ2) is 5.13. The number of aliphatic hydroxyl groups is 1. The lowest BCUT2D eigenvalue weighted by Crippen LogP contribution is -2.52. The van der Waals surface area contributed by atoms with Crippen LogP contribution in [0, 0.1) is 5.92 Å². The molecule has 1 atom stereocenters. The van der Waals surface area contributed by atoms with Gasteiger partial charge in [0.25, 0.3) is 0 Å². The van der Waals surface area contributed by atoms with Gasteiger partial charge in [-0.15, -0.1) is 0 Å². The fraction of sp³-hybridized carbons (Fsp3) is 1.00. The van der Waals surface area contributed by atoms with Gasteiger partial charge in [0.05, 0.1) is 5.60 Å². The first kappa shape index (κ1) is 12.0. The predicted octanol–water partition coefficient (Wildman–Crippen LogP) is 2.27.